The van der Waals surface area contributed by atoms with Crippen molar-refractivity contribution in [2.45, 2.75) is 19.5 Å². The van der Waals surface area contributed by atoms with Gasteiger partial charge in [-0.2, -0.15) is 0 Å². The summed E-state index contributed by atoms with van der Waals surface area (Å²) < 4.78 is 1.00. The summed E-state index contributed by atoms with van der Waals surface area (Å²) in [5.41, 5.74) is 2.27. The summed E-state index contributed by atoms with van der Waals surface area (Å²) in [6, 6.07) is 8.35. The van der Waals surface area contributed by atoms with Gasteiger partial charge in [0.05, 0.1) is 5.69 Å². The fraction of sp³-hybridized carbons (Fsp3) is 0.231. The van der Waals surface area contributed by atoms with Gasteiger partial charge in [-0.1, -0.05) is 0 Å². The number of hydrogen-bond acceptors (Lipinski definition) is 3. The number of nitrogens with zero attached hydrogens (tertiary/aromatic N) is 2. The molecule has 0 aromatic carbocycles. The van der Waals surface area contributed by atoms with Crippen LogP contribution in [0, 0.1) is 0 Å². The molecule has 0 aliphatic rings. The van der Waals surface area contributed by atoms with E-state index in [0.29, 0.717) is 6.04 Å². The minimum atomic E-state index is 0.295. The molecule has 0 spiro atoms. The molecule has 0 saturated carbocycles. The highest BCUT2D eigenvalue weighted by Gasteiger charge is 2.04. The molecule has 2 aromatic heterocycles. The van der Waals surface area contributed by atoms with Crippen molar-refractivity contribution in [2.24, 2.45) is 0 Å². The zero-order chi connectivity index (χ0) is 12.1. The molecule has 0 fully saturated rings. The average molecular weight is 292 g/mol. The number of rotatable bonds is 4. The maximum atomic E-state index is 4.32. The summed E-state index contributed by atoms with van der Waals surface area (Å²) in [5.74, 6) is 0. The van der Waals surface area contributed by atoms with Crippen LogP contribution in [-0.2, 0) is 6.54 Å². The van der Waals surface area contributed by atoms with Gasteiger partial charge >= 0.3 is 0 Å². The van der Waals surface area contributed by atoms with E-state index < -0.39 is 0 Å². The van der Waals surface area contributed by atoms with E-state index in [2.05, 4.69) is 38.1 Å². The predicted octanol–water partition coefficient (Wildman–Crippen LogP) is 3.09. The van der Waals surface area contributed by atoms with Crippen molar-refractivity contribution in [3.8, 4) is 0 Å². The van der Waals surface area contributed by atoms with Crippen molar-refractivity contribution in [1.29, 1.82) is 0 Å². The average Bonchev–Trinajstić information content (AvgIpc) is 2.39. The van der Waals surface area contributed by atoms with Gasteiger partial charge in [-0.05, 0) is 52.7 Å². The molecule has 2 heterocycles. The van der Waals surface area contributed by atoms with Crippen molar-refractivity contribution in [3.63, 3.8) is 0 Å². The Labute approximate surface area is 109 Å². The van der Waals surface area contributed by atoms with Gasteiger partial charge in [-0.3, -0.25) is 9.97 Å². The third kappa shape index (κ3) is 3.61. The molecule has 2 rings (SSSR count). The van der Waals surface area contributed by atoms with E-state index >= 15 is 0 Å². The highest BCUT2D eigenvalue weighted by atomic mass is 79.9. The van der Waals surface area contributed by atoms with E-state index in [1.165, 1.54) is 5.56 Å². The first-order valence-electron chi connectivity index (χ1n) is 5.49. The highest BCUT2D eigenvalue weighted by molar-refractivity contribution is 9.10. The van der Waals surface area contributed by atoms with Crippen molar-refractivity contribution in [2.75, 3.05) is 0 Å². The Balaban J connectivity index is 1.92. The van der Waals surface area contributed by atoms with Crippen LogP contribution in [0.4, 0.5) is 0 Å². The zero-order valence-corrected chi connectivity index (χ0v) is 11.2. The maximum absolute atomic E-state index is 4.32. The largest absolute Gasteiger partial charge is 0.305 e. The van der Waals surface area contributed by atoms with Crippen LogP contribution < -0.4 is 5.32 Å². The second kappa shape index (κ2) is 5.89. The van der Waals surface area contributed by atoms with Gasteiger partial charge in [-0.25, -0.2) is 0 Å². The molecule has 2 aromatic rings. The Morgan fingerprint density at radius 3 is 2.65 bits per heavy atom. The molecule has 0 aliphatic carbocycles. The Kier molecular flexibility index (Phi) is 4.23. The van der Waals surface area contributed by atoms with E-state index in [-0.39, 0.29) is 0 Å². The summed E-state index contributed by atoms with van der Waals surface area (Å²) in [6.45, 7) is 2.89. The quantitative estimate of drug-likeness (QED) is 0.941. The fourth-order valence-electron chi connectivity index (χ4n) is 1.54. The standard InChI is InChI=1S/C13H14BrN3/c1-10(11-4-6-15-7-5-11)16-9-13-3-2-12(14)8-17-13/h2-8,10,16H,9H2,1H3. The number of aromatic nitrogens is 2. The fourth-order valence-corrected chi connectivity index (χ4v) is 1.77. The Morgan fingerprint density at radius 2 is 2.00 bits per heavy atom. The summed E-state index contributed by atoms with van der Waals surface area (Å²) in [6.07, 6.45) is 5.44. The van der Waals surface area contributed by atoms with Crippen molar-refractivity contribution in [3.05, 3.63) is 58.6 Å². The van der Waals surface area contributed by atoms with Crippen LogP contribution in [0.15, 0.2) is 47.3 Å². The van der Waals surface area contributed by atoms with Crippen molar-refractivity contribution < 1.29 is 0 Å². The Morgan fingerprint density at radius 1 is 1.24 bits per heavy atom. The number of pyridine rings is 2. The first-order valence-corrected chi connectivity index (χ1v) is 6.29. The Hall–Kier alpha value is -1.26. The van der Waals surface area contributed by atoms with Gasteiger partial charge in [0.1, 0.15) is 0 Å². The second-order valence-corrected chi connectivity index (χ2v) is 4.77. The Bertz CT molecular complexity index is 456. The lowest BCUT2D eigenvalue weighted by Gasteiger charge is -2.13. The summed E-state index contributed by atoms with van der Waals surface area (Å²) in [4.78, 5) is 8.33. The molecule has 4 heteroatoms. The number of hydrogen-bond donors (Lipinski definition) is 1. The van der Waals surface area contributed by atoms with Crippen LogP contribution in [0.2, 0.25) is 0 Å². The normalized spacial score (nSPS) is 12.4. The summed E-state index contributed by atoms with van der Waals surface area (Å²) >= 11 is 3.37. The second-order valence-electron chi connectivity index (χ2n) is 3.85. The van der Waals surface area contributed by atoms with Gasteiger partial charge < -0.3 is 5.32 Å². The number of nitrogens with one attached hydrogen (secondary N) is 1. The molecular formula is C13H14BrN3. The van der Waals surface area contributed by atoms with Crippen LogP contribution in [-0.4, -0.2) is 9.97 Å². The van der Waals surface area contributed by atoms with Crippen LogP contribution in [0.25, 0.3) is 0 Å². The van der Waals surface area contributed by atoms with Crippen molar-refractivity contribution in [1.82, 2.24) is 15.3 Å². The lowest BCUT2D eigenvalue weighted by molar-refractivity contribution is 0.567. The van der Waals surface area contributed by atoms with Gasteiger partial charge in [-0.15, -0.1) is 0 Å². The monoisotopic (exact) mass is 291 g/mol. The van der Waals surface area contributed by atoms with Gasteiger partial charge in [0.25, 0.3) is 0 Å². The SMILES string of the molecule is CC(NCc1ccc(Br)cn1)c1ccncc1. The van der Waals surface area contributed by atoms with Crippen LogP contribution in [0.1, 0.15) is 24.2 Å². The molecule has 3 nitrogen and oxygen atoms in total. The zero-order valence-electron chi connectivity index (χ0n) is 9.60. The van der Waals surface area contributed by atoms with Gasteiger partial charge in [0.2, 0.25) is 0 Å². The smallest absolute Gasteiger partial charge is 0.0542 e. The highest BCUT2D eigenvalue weighted by Crippen LogP contribution is 2.12. The third-order valence-corrected chi connectivity index (χ3v) is 3.05. The van der Waals surface area contributed by atoms with Crippen LogP contribution >= 0.6 is 15.9 Å². The van der Waals surface area contributed by atoms with E-state index in [1.54, 1.807) is 0 Å². The molecule has 88 valence electrons. The van der Waals surface area contributed by atoms with E-state index in [4.69, 9.17) is 0 Å². The minimum Gasteiger partial charge on any atom is -0.305 e. The topological polar surface area (TPSA) is 37.8 Å². The lowest BCUT2D eigenvalue weighted by Crippen LogP contribution is -2.18. The third-order valence-electron chi connectivity index (χ3n) is 2.58. The molecular weight excluding hydrogens is 278 g/mol. The molecule has 0 saturated heterocycles. The molecule has 1 atom stereocenters. The van der Waals surface area contributed by atoms with E-state index in [1.807, 2.05) is 42.9 Å². The number of halogens is 1. The van der Waals surface area contributed by atoms with E-state index in [9.17, 15) is 0 Å². The molecule has 17 heavy (non-hydrogen) atoms. The van der Waals surface area contributed by atoms with Gasteiger partial charge in [0, 0.05) is 35.6 Å². The lowest BCUT2D eigenvalue weighted by atomic mass is 10.1. The summed E-state index contributed by atoms with van der Waals surface area (Å²) in [7, 11) is 0. The van der Waals surface area contributed by atoms with E-state index in [0.717, 1.165) is 16.7 Å². The molecule has 0 amide bonds. The van der Waals surface area contributed by atoms with Crippen LogP contribution in [0.3, 0.4) is 0 Å². The van der Waals surface area contributed by atoms with Crippen molar-refractivity contribution >= 4 is 15.9 Å². The minimum absolute atomic E-state index is 0.295. The molecule has 0 aliphatic heterocycles. The predicted molar refractivity (Wildman–Crippen MR) is 71.4 cm³/mol. The molecule has 1 N–H and O–H groups in total. The first kappa shape index (κ1) is 12.2. The summed E-state index contributed by atoms with van der Waals surface area (Å²) in [5, 5.41) is 3.43. The maximum Gasteiger partial charge on any atom is 0.0542 e. The molecule has 0 radical (unpaired) electrons. The van der Waals surface area contributed by atoms with Crippen LogP contribution in [0.5, 0.6) is 0 Å². The van der Waals surface area contributed by atoms with Gasteiger partial charge in [0.15, 0.2) is 0 Å². The first-order chi connectivity index (χ1) is 8.25. The molecule has 1 unspecified atom stereocenters. The molecule has 0 bridgehead atoms.